The van der Waals surface area contributed by atoms with Crippen molar-refractivity contribution in [1.29, 1.82) is 0 Å². The number of carbonyl (C=O) groups is 2. The molecule has 1 heterocycles. The maximum atomic E-state index is 12.7. The van der Waals surface area contributed by atoms with Crippen LogP contribution in [0, 0.1) is 0 Å². The number of carbonyl (C=O) groups excluding carboxylic acids is 2. The van der Waals surface area contributed by atoms with E-state index in [-0.39, 0.29) is 18.9 Å². The number of benzene rings is 2. The number of nitrogens with one attached hydrogen (secondary N) is 2. The molecule has 1 aliphatic rings. The number of nitrogens with two attached hydrogens (primary N) is 1. The molecule has 2 aromatic carbocycles. The van der Waals surface area contributed by atoms with Gasteiger partial charge >= 0.3 is 12.2 Å². The van der Waals surface area contributed by atoms with Crippen LogP contribution in [0.2, 0.25) is 0 Å². The first kappa shape index (κ1) is 20.5. The van der Waals surface area contributed by atoms with Crippen molar-refractivity contribution in [3.05, 3.63) is 59.2 Å². The second-order valence-electron chi connectivity index (χ2n) is 6.75. The molecule has 0 fully saturated rings. The predicted molar refractivity (Wildman–Crippen MR) is 102 cm³/mol. The van der Waals surface area contributed by atoms with Crippen LogP contribution in [0.1, 0.15) is 23.1 Å². The van der Waals surface area contributed by atoms with E-state index in [2.05, 4.69) is 10.6 Å². The van der Waals surface area contributed by atoms with E-state index in [1.807, 2.05) is 18.2 Å². The summed E-state index contributed by atoms with van der Waals surface area (Å²) in [6.07, 6.45) is -3.58. The highest BCUT2D eigenvalue weighted by Crippen LogP contribution is 2.32. The molecule has 0 spiro atoms. The molecule has 3 rings (SSSR count). The average Bonchev–Trinajstić information content (AvgIpc) is 2.67. The number of fused-ring (bicyclic) bond motifs is 1. The van der Waals surface area contributed by atoms with Crippen molar-refractivity contribution in [1.82, 2.24) is 10.2 Å². The van der Waals surface area contributed by atoms with Crippen LogP contribution >= 0.6 is 0 Å². The number of anilines is 2. The third-order valence-electron chi connectivity index (χ3n) is 4.75. The monoisotopic (exact) mass is 406 g/mol. The lowest BCUT2D eigenvalue weighted by Crippen LogP contribution is -2.39. The molecule has 0 aromatic heterocycles. The van der Waals surface area contributed by atoms with E-state index < -0.39 is 17.8 Å². The summed E-state index contributed by atoms with van der Waals surface area (Å²) in [5.41, 5.74) is 7.67. The Labute approximate surface area is 165 Å². The van der Waals surface area contributed by atoms with Crippen LogP contribution in [0.4, 0.5) is 29.3 Å². The van der Waals surface area contributed by atoms with E-state index >= 15 is 0 Å². The first-order valence-corrected chi connectivity index (χ1v) is 9.10. The van der Waals surface area contributed by atoms with Gasteiger partial charge in [-0.2, -0.15) is 13.2 Å². The number of nitrogens with zero attached hydrogens (tertiary/aromatic N) is 1. The summed E-state index contributed by atoms with van der Waals surface area (Å²) in [4.78, 5) is 24.7. The van der Waals surface area contributed by atoms with Crippen LogP contribution in [0.5, 0.6) is 0 Å². The zero-order chi connectivity index (χ0) is 21.0. The summed E-state index contributed by atoms with van der Waals surface area (Å²) in [6.45, 7) is 1.15. The number of hydrogen-bond donors (Lipinski definition) is 3. The van der Waals surface area contributed by atoms with Crippen LogP contribution in [-0.2, 0) is 23.9 Å². The molecule has 3 amide bonds. The molecule has 6 nitrogen and oxygen atoms in total. The quantitative estimate of drug-likeness (QED) is 0.711. The first-order valence-electron chi connectivity index (χ1n) is 9.10. The van der Waals surface area contributed by atoms with Crippen molar-refractivity contribution < 1.29 is 22.8 Å². The summed E-state index contributed by atoms with van der Waals surface area (Å²) in [7, 11) is 0. The van der Waals surface area contributed by atoms with Crippen molar-refractivity contribution in [2.75, 3.05) is 18.4 Å². The van der Waals surface area contributed by atoms with Gasteiger partial charge in [-0.15, -0.1) is 0 Å². The van der Waals surface area contributed by atoms with Gasteiger partial charge in [0.05, 0.1) is 5.56 Å². The summed E-state index contributed by atoms with van der Waals surface area (Å²) >= 11 is 0. The molecule has 0 bridgehead atoms. The van der Waals surface area contributed by atoms with E-state index in [1.165, 1.54) is 12.1 Å². The molecular formula is C20H21F3N4O2. The van der Waals surface area contributed by atoms with Crippen molar-refractivity contribution in [3.8, 4) is 0 Å². The van der Waals surface area contributed by atoms with Crippen LogP contribution in [0.25, 0.3) is 0 Å². The summed E-state index contributed by atoms with van der Waals surface area (Å²) < 4.78 is 38.1. The van der Waals surface area contributed by atoms with Crippen LogP contribution in [0.15, 0.2) is 42.5 Å². The van der Waals surface area contributed by atoms with Gasteiger partial charge in [0.15, 0.2) is 0 Å². The molecule has 0 aliphatic carbocycles. The van der Waals surface area contributed by atoms with E-state index in [1.54, 1.807) is 4.90 Å². The highest BCUT2D eigenvalue weighted by atomic mass is 19.4. The Morgan fingerprint density at radius 3 is 2.48 bits per heavy atom. The normalized spacial score (nSPS) is 13.6. The number of urea groups is 1. The number of hydrogen-bond acceptors (Lipinski definition) is 3. The second kappa shape index (κ2) is 8.42. The van der Waals surface area contributed by atoms with Crippen molar-refractivity contribution in [2.45, 2.75) is 25.6 Å². The molecule has 1 aliphatic heterocycles. The topological polar surface area (TPSA) is 87.5 Å². The van der Waals surface area contributed by atoms with Gasteiger partial charge in [-0.25, -0.2) is 4.79 Å². The van der Waals surface area contributed by atoms with Gasteiger partial charge in [-0.3, -0.25) is 4.79 Å². The van der Waals surface area contributed by atoms with Gasteiger partial charge in [0.2, 0.25) is 5.91 Å². The molecule has 4 N–H and O–H groups in total. The van der Waals surface area contributed by atoms with E-state index in [4.69, 9.17) is 5.73 Å². The SMILES string of the molecule is NC(=O)NCCC(=O)N1CCc2c(cccc2Nc2ccc(C(F)(F)F)cc2)C1. The van der Waals surface area contributed by atoms with E-state index in [9.17, 15) is 22.8 Å². The van der Waals surface area contributed by atoms with Gasteiger partial charge < -0.3 is 21.3 Å². The Bertz CT molecular complexity index is 898. The highest BCUT2D eigenvalue weighted by molar-refractivity contribution is 5.78. The smallest absolute Gasteiger partial charge is 0.355 e. The molecule has 0 radical (unpaired) electrons. The first-order chi connectivity index (χ1) is 13.7. The van der Waals surface area contributed by atoms with Gasteiger partial charge in [-0.05, 0) is 47.9 Å². The van der Waals surface area contributed by atoms with Crippen molar-refractivity contribution in [2.24, 2.45) is 5.73 Å². The molecule has 154 valence electrons. The predicted octanol–water partition coefficient (Wildman–Crippen LogP) is 3.39. The number of halogens is 3. The molecule has 9 heteroatoms. The molecular weight excluding hydrogens is 385 g/mol. The van der Waals surface area contributed by atoms with E-state index in [0.717, 1.165) is 28.9 Å². The second-order valence-corrected chi connectivity index (χ2v) is 6.75. The van der Waals surface area contributed by atoms with Crippen molar-refractivity contribution >= 4 is 23.3 Å². The summed E-state index contributed by atoms with van der Waals surface area (Å²) in [5, 5.41) is 5.56. The third kappa shape index (κ3) is 5.18. The summed E-state index contributed by atoms with van der Waals surface area (Å²) in [5.74, 6) is -0.0782. The summed E-state index contributed by atoms with van der Waals surface area (Å²) in [6, 6.07) is 9.84. The minimum Gasteiger partial charge on any atom is -0.355 e. The van der Waals surface area contributed by atoms with Crippen LogP contribution < -0.4 is 16.4 Å². The Hall–Kier alpha value is -3.23. The Morgan fingerprint density at radius 1 is 1.10 bits per heavy atom. The lowest BCUT2D eigenvalue weighted by atomic mass is 9.97. The molecule has 0 saturated carbocycles. The lowest BCUT2D eigenvalue weighted by molar-refractivity contribution is -0.137. The minimum atomic E-state index is -4.37. The zero-order valence-electron chi connectivity index (χ0n) is 15.6. The minimum absolute atomic E-state index is 0.0782. The van der Waals surface area contributed by atoms with Crippen LogP contribution in [0.3, 0.4) is 0 Å². The maximum Gasteiger partial charge on any atom is 0.416 e. The van der Waals surface area contributed by atoms with E-state index in [0.29, 0.717) is 25.2 Å². The largest absolute Gasteiger partial charge is 0.416 e. The molecule has 29 heavy (non-hydrogen) atoms. The number of amides is 3. The van der Waals surface area contributed by atoms with Gasteiger partial charge in [0.25, 0.3) is 0 Å². The van der Waals surface area contributed by atoms with Crippen LogP contribution in [-0.4, -0.2) is 29.9 Å². The zero-order valence-corrected chi connectivity index (χ0v) is 15.6. The lowest BCUT2D eigenvalue weighted by Gasteiger charge is -2.30. The van der Waals surface area contributed by atoms with Gasteiger partial charge in [0, 0.05) is 37.4 Å². The average molecular weight is 406 g/mol. The Kier molecular flexibility index (Phi) is 5.95. The number of primary amides is 1. The number of rotatable bonds is 5. The third-order valence-corrected chi connectivity index (χ3v) is 4.75. The van der Waals surface area contributed by atoms with Gasteiger partial charge in [-0.1, -0.05) is 12.1 Å². The van der Waals surface area contributed by atoms with Crippen molar-refractivity contribution in [3.63, 3.8) is 0 Å². The Balaban J connectivity index is 1.68. The van der Waals surface area contributed by atoms with Gasteiger partial charge in [0.1, 0.15) is 0 Å². The molecule has 2 aromatic rings. The fourth-order valence-electron chi connectivity index (χ4n) is 3.29. The molecule has 0 saturated heterocycles. The Morgan fingerprint density at radius 2 is 1.83 bits per heavy atom. The standard InChI is InChI=1S/C20H21F3N4O2/c21-20(22,23)14-4-6-15(7-5-14)26-17-3-1-2-13-12-27(11-9-16(13)17)18(28)8-10-25-19(24)29/h1-7,26H,8-12H2,(H3,24,25,29). The highest BCUT2D eigenvalue weighted by Gasteiger charge is 2.30. The molecule has 0 atom stereocenters. The maximum absolute atomic E-state index is 12.7. The fourth-order valence-corrected chi connectivity index (χ4v) is 3.29. The number of alkyl halides is 3. The molecule has 0 unspecified atom stereocenters. The fraction of sp³-hybridized carbons (Fsp3) is 0.300.